The second-order valence-electron chi connectivity index (χ2n) is 8.34. The lowest BCUT2D eigenvalue weighted by Gasteiger charge is -2.27. The van der Waals surface area contributed by atoms with Gasteiger partial charge in [-0.15, -0.1) is 0 Å². The van der Waals surface area contributed by atoms with E-state index in [2.05, 4.69) is 89.4 Å². The predicted octanol–water partition coefficient (Wildman–Crippen LogP) is 7.21. The average molecular weight is 474 g/mol. The molecule has 0 saturated carbocycles. The average Bonchev–Trinajstić information content (AvgIpc) is 3.22. The number of nitrogens with zero attached hydrogens (tertiary/aromatic N) is 2. The van der Waals surface area contributed by atoms with Gasteiger partial charge in [0.2, 0.25) is 0 Å². The minimum absolute atomic E-state index is 0.667. The molecule has 0 unspecified atom stereocenters. The van der Waals surface area contributed by atoms with Crippen LogP contribution in [0.25, 0.3) is 0 Å². The number of aromatic nitrogens is 1. The molecule has 168 valence electrons. The molecule has 0 aliphatic rings. The van der Waals surface area contributed by atoms with Gasteiger partial charge in [-0.25, -0.2) is 0 Å². The third kappa shape index (κ3) is 6.25. The van der Waals surface area contributed by atoms with Gasteiger partial charge in [0.15, 0.2) is 5.11 Å². The van der Waals surface area contributed by atoms with Gasteiger partial charge in [-0.1, -0.05) is 71.8 Å². The van der Waals surface area contributed by atoms with Crippen LogP contribution in [0.2, 0.25) is 5.02 Å². The van der Waals surface area contributed by atoms with Crippen molar-refractivity contribution in [3.8, 4) is 0 Å². The summed E-state index contributed by atoms with van der Waals surface area (Å²) in [7, 11) is 0. The summed E-state index contributed by atoms with van der Waals surface area (Å²) in [6.07, 6.45) is 2.14. The number of halogens is 1. The van der Waals surface area contributed by atoms with Gasteiger partial charge in [0.1, 0.15) is 0 Å². The van der Waals surface area contributed by atoms with E-state index in [4.69, 9.17) is 23.8 Å². The van der Waals surface area contributed by atoms with Crippen molar-refractivity contribution in [2.75, 3.05) is 5.32 Å². The third-order valence-electron chi connectivity index (χ3n) is 5.69. The van der Waals surface area contributed by atoms with Gasteiger partial charge >= 0.3 is 0 Å². The number of aryl methyl sites for hydroxylation is 2. The molecule has 0 bridgehead atoms. The summed E-state index contributed by atoms with van der Waals surface area (Å²) in [5, 5.41) is 4.71. The molecule has 0 saturated heterocycles. The van der Waals surface area contributed by atoms with Crippen molar-refractivity contribution in [1.82, 2.24) is 9.47 Å². The zero-order chi connectivity index (χ0) is 23.2. The highest BCUT2D eigenvalue weighted by atomic mass is 35.5. The molecule has 3 nitrogen and oxygen atoms in total. The number of nitrogens with one attached hydrogen (secondary N) is 1. The van der Waals surface area contributed by atoms with Crippen molar-refractivity contribution in [1.29, 1.82) is 0 Å². The first-order valence-electron chi connectivity index (χ1n) is 11.0. The number of benzene rings is 3. The molecule has 4 rings (SSSR count). The number of anilines is 1. The number of thiocarbonyl (C=S) groups is 1. The van der Waals surface area contributed by atoms with Crippen molar-refractivity contribution in [3.63, 3.8) is 0 Å². The van der Waals surface area contributed by atoms with Crippen molar-refractivity contribution < 1.29 is 0 Å². The molecule has 1 heterocycles. The van der Waals surface area contributed by atoms with Crippen LogP contribution >= 0.6 is 23.8 Å². The molecule has 1 aromatic heterocycles. The van der Waals surface area contributed by atoms with Crippen molar-refractivity contribution in [3.05, 3.63) is 124 Å². The highest BCUT2D eigenvalue weighted by Gasteiger charge is 2.15. The lowest BCUT2D eigenvalue weighted by molar-refractivity contribution is 0.399. The molecule has 0 fully saturated rings. The van der Waals surface area contributed by atoms with Crippen LogP contribution in [-0.4, -0.2) is 14.6 Å². The number of rotatable bonds is 7. The van der Waals surface area contributed by atoms with Crippen molar-refractivity contribution in [2.24, 2.45) is 0 Å². The number of hydrogen-bond acceptors (Lipinski definition) is 1. The van der Waals surface area contributed by atoms with Crippen LogP contribution < -0.4 is 5.32 Å². The fourth-order valence-electron chi connectivity index (χ4n) is 3.92. The number of hydrogen-bond donors (Lipinski definition) is 1. The monoisotopic (exact) mass is 473 g/mol. The zero-order valence-electron chi connectivity index (χ0n) is 19.0. The first kappa shape index (κ1) is 23.1. The Kier molecular flexibility index (Phi) is 7.48. The predicted molar refractivity (Wildman–Crippen MR) is 143 cm³/mol. The van der Waals surface area contributed by atoms with Crippen LogP contribution in [0.3, 0.4) is 0 Å². The maximum atomic E-state index is 6.17. The quantitative estimate of drug-likeness (QED) is 0.286. The fraction of sp³-hybridized carbons (Fsp3) is 0.179. The Morgan fingerprint density at radius 2 is 1.73 bits per heavy atom. The summed E-state index contributed by atoms with van der Waals surface area (Å²) in [4.78, 5) is 2.19. The molecule has 5 heteroatoms. The van der Waals surface area contributed by atoms with Crippen LogP contribution in [0.4, 0.5) is 5.69 Å². The molecule has 33 heavy (non-hydrogen) atoms. The molecule has 0 radical (unpaired) electrons. The molecule has 0 aliphatic heterocycles. The van der Waals surface area contributed by atoms with Gasteiger partial charge in [0, 0.05) is 35.7 Å². The van der Waals surface area contributed by atoms with Crippen molar-refractivity contribution >= 4 is 34.6 Å². The summed E-state index contributed by atoms with van der Waals surface area (Å²) >= 11 is 12.0. The highest BCUT2D eigenvalue weighted by Crippen LogP contribution is 2.19. The minimum Gasteiger partial charge on any atom is -0.345 e. The van der Waals surface area contributed by atoms with Gasteiger partial charge in [0.25, 0.3) is 0 Å². The van der Waals surface area contributed by atoms with Crippen LogP contribution in [0.15, 0.2) is 91.1 Å². The Balaban J connectivity index is 1.56. The topological polar surface area (TPSA) is 20.2 Å². The fourth-order valence-corrected chi connectivity index (χ4v) is 4.36. The van der Waals surface area contributed by atoms with Crippen molar-refractivity contribution in [2.45, 2.75) is 33.5 Å². The summed E-state index contributed by atoms with van der Waals surface area (Å²) in [5.41, 5.74) is 7.23. The SMILES string of the molecule is Cc1ccc(Cn2cccc2CN(Cc2ccccc2)C(=S)Nc2cccc(Cl)c2)c(C)c1. The standard InChI is InChI=1S/C28H28ClN3S/c1-21-13-14-24(22(2)16-21)19-31-15-7-12-27(31)20-32(18-23-8-4-3-5-9-23)28(33)30-26-11-6-10-25(29)17-26/h3-17H,18-20H2,1-2H3,(H,30,33). The summed E-state index contributed by atoms with van der Waals surface area (Å²) in [6, 6.07) is 29.0. The minimum atomic E-state index is 0.667. The summed E-state index contributed by atoms with van der Waals surface area (Å²) in [6.45, 7) is 6.55. The van der Waals surface area contributed by atoms with Crippen LogP contribution in [0, 0.1) is 13.8 Å². The van der Waals surface area contributed by atoms with Gasteiger partial charge < -0.3 is 14.8 Å². The van der Waals surface area contributed by atoms with E-state index in [-0.39, 0.29) is 0 Å². The zero-order valence-corrected chi connectivity index (χ0v) is 20.5. The van der Waals surface area contributed by atoms with Gasteiger partial charge in [0.05, 0.1) is 6.54 Å². The smallest absolute Gasteiger partial charge is 0.174 e. The van der Waals surface area contributed by atoms with E-state index in [1.807, 2.05) is 30.3 Å². The third-order valence-corrected chi connectivity index (χ3v) is 6.29. The molecule has 0 amide bonds. The van der Waals surface area contributed by atoms with Crippen LogP contribution in [0.1, 0.15) is 27.9 Å². The molecular formula is C28H28ClN3S. The van der Waals surface area contributed by atoms with E-state index < -0.39 is 0 Å². The molecule has 0 aliphatic carbocycles. The van der Waals surface area contributed by atoms with E-state index in [0.29, 0.717) is 23.2 Å². The first-order chi connectivity index (χ1) is 16.0. The second kappa shape index (κ2) is 10.7. The van der Waals surface area contributed by atoms with Crippen LogP contribution in [-0.2, 0) is 19.6 Å². The molecule has 4 aromatic rings. The summed E-state index contributed by atoms with van der Waals surface area (Å²) in [5.74, 6) is 0. The first-order valence-corrected chi connectivity index (χ1v) is 11.8. The Labute approximate surface area is 206 Å². The lowest BCUT2D eigenvalue weighted by Crippen LogP contribution is -2.34. The van der Waals surface area contributed by atoms with E-state index in [1.54, 1.807) is 0 Å². The Hall–Kier alpha value is -3.08. The van der Waals surface area contributed by atoms with E-state index >= 15 is 0 Å². The van der Waals surface area contributed by atoms with E-state index in [1.165, 1.54) is 27.9 Å². The Bertz CT molecular complexity index is 1230. The largest absolute Gasteiger partial charge is 0.345 e. The van der Waals surface area contributed by atoms with Crippen LogP contribution in [0.5, 0.6) is 0 Å². The van der Waals surface area contributed by atoms with Gasteiger partial charge in [-0.2, -0.15) is 0 Å². The van der Waals surface area contributed by atoms with Gasteiger partial charge in [-0.3, -0.25) is 0 Å². The Morgan fingerprint density at radius 1 is 0.909 bits per heavy atom. The van der Waals surface area contributed by atoms with E-state index in [9.17, 15) is 0 Å². The summed E-state index contributed by atoms with van der Waals surface area (Å²) < 4.78 is 2.30. The Morgan fingerprint density at radius 3 is 2.48 bits per heavy atom. The molecule has 0 atom stereocenters. The maximum Gasteiger partial charge on any atom is 0.174 e. The molecule has 0 spiro atoms. The van der Waals surface area contributed by atoms with Gasteiger partial charge in [-0.05, 0) is 73.1 Å². The highest BCUT2D eigenvalue weighted by molar-refractivity contribution is 7.80. The second-order valence-corrected chi connectivity index (χ2v) is 9.16. The van der Waals surface area contributed by atoms with E-state index in [0.717, 1.165) is 12.2 Å². The molecule has 3 aromatic carbocycles. The molecular weight excluding hydrogens is 446 g/mol. The maximum absolute atomic E-state index is 6.17. The normalized spacial score (nSPS) is 10.8. The lowest BCUT2D eigenvalue weighted by atomic mass is 10.1. The molecule has 1 N–H and O–H groups in total.